The van der Waals surface area contributed by atoms with E-state index in [1.807, 2.05) is 30.3 Å². The van der Waals surface area contributed by atoms with Crippen LogP contribution in [0.4, 0.5) is 27.2 Å². The first kappa shape index (κ1) is 38.5. The fourth-order valence-electron chi connectivity index (χ4n) is 6.77. The fourth-order valence-corrected chi connectivity index (χ4v) is 6.77. The monoisotopic (exact) mass is 728 g/mol. The van der Waals surface area contributed by atoms with Crippen LogP contribution in [0.15, 0.2) is 109 Å². The lowest BCUT2D eigenvalue weighted by Crippen LogP contribution is -2.54. The summed E-state index contributed by atoms with van der Waals surface area (Å²) in [5.41, 5.74) is -0.321. The van der Waals surface area contributed by atoms with Gasteiger partial charge >= 0.3 is 12.1 Å². The number of halogens is 4. The molecule has 2 aliphatic rings. The van der Waals surface area contributed by atoms with Gasteiger partial charge in [0.15, 0.2) is 6.29 Å². The summed E-state index contributed by atoms with van der Waals surface area (Å²) in [6.45, 7) is 1.63. The summed E-state index contributed by atoms with van der Waals surface area (Å²) in [5, 5.41) is 10.7. The van der Waals surface area contributed by atoms with E-state index < -0.39 is 46.5 Å². The van der Waals surface area contributed by atoms with Crippen LogP contribution >= 0.6 is 0 Å². The molecule has 4 amide bonds. The summed E-state index contributed by atoms with van der Waals surface area (Å²) in [5.74, 6) is -2.33. The Hall–Kier alpha value is -5.75. The first-order valence-corrected chi connectivity index (χ1v) is 16.7. The minimum absolute atomic E-state index is 0.00891. The van der Waals surface area contributed by atoms with E-state index in [1.54, 1.807) is 71.5 Å². The van der Waals surface area contributed by atoms with Crippen molar-refractivity contribution in [1.29, 1.82) is 0 Å². The summed E-state index contributed by atoms with van der Waals surface area (Å²) in [6.07, 6.45) is 2.90. The van der Waals surface area contributed by atoms with Gasteiger partial charge in [0.05, 0.1) is 6.10 Å². The maximum atomic E-state index is 14.4. The number of aliphatic hydroxyl groups is 1. The smallest absolute Gasteiger partial charge is 0.321 e. The molecule has 0 aromatic heterocycles. The van der Waals surface area contributed by atoms with Crippen LogP contribution in [0.5, 0.6) is 0 Å². The van der Waals surface area contributed by atoms with Crippen molar-refractivity contribution in [2.45, 2.75) is 24.1 Å². The molecule has 4 aromatic rings. The molecule has 0 bridgehead atoms. The van der Waals surface area contributed by atoms with Crippen molar-refractivity contribution in [2.24, 2.45) is 0 Å². The SMILES string of the molecule is CC(O)C1(c2ccccc2)C=C(c2cc(F)ccc2F)CN1C(=O)N(C)C.CN(C)C(=O)N1CC(c2cc(F)ccc2F)=CC1(C=O)c1ccccc1. The number of hydrogen-bond donors (Lipinski definition) is 1. The maximum Gasteiger partial charge on any atom is 0.321 e. The molecule has 1 N–H and O–H groups in total. The molecule has 0 saturated carbocycles. The molecular formula is C41H40F4N4O4. The van der Waals surface area contributed by atoms with Crippen LogP contribution in [0.2, 0.25) is 0 Å². The number of hydrogen-bond acceptors (Lipinski definition) is 4. The first-order chi connectivity index (χ1) is 25.2. The summed E-state index contributed by atoms with van der Waals surface area (Å²) < 4.78 is 56.0. The molecule has 0 fully saturated rings. The molecule has 2 aliphatic heterocycles. The lowest BCUT2D eigenvalue weighted by Gasteiger charge is -2.41. The minimum Gasteiger partial charge on any atom is -0.390 e. The highest BCUT2D eigenvalue weighted by molar-refractivity contribution is 5.91. The van der Waals surface area contributed by atoms with Crippen LogP contribution < -0.4 is 0 Å². The van der Waals surface area contributed by atoms with Crippen LogP contribution in [-0.4, -0.2) is 90.4 Å². The van der Waals surface area contributed by atoms with Crippen LogP contribution in [0.25, 0.3) is 11.1 Å². The van der Waals surface area contributed by atoms with Crippen LogP contribution in [0, 0.1) is 23.3 Å². The highest BCUT2D eigenvalue weighted by atomic mass is 19.1. The van der Waals surface area contributed by atoms with Crippen LogP contribution in [0.1, 0.15) is 29.2 Å². The maximum absolute atomic E-state index is 14.4. The van der Waals surface area contributed by atoms with E-state index in [4.69, 9.17) is 0 Å². The Balaban J connectivity index is 0.000000204. The number of rotatable bonds is 6. The second kappa shape index (κ2) is 15.5. The zero-order chi connectivity index (χ0) is 38.7. The largest absolute Gasteiger partial charge is 0.390 e. The lowest BCUT2D eigenvalue weighted by atomic mass is 9.84. The molecule has 6 rings (SSSR count). The van der Waals surface area contributed by atoms with E-state index in [9.17, 15) is 37.1 Å². The van der Waals surface area contributed by atoms with Gasteiger partial charge in [-0.25, -0.2) is 27.2 Å². The molecule has 3 atom stereocenters. The number of aliphatic hydroxyl groups excluding tert-OH is 1. The standard InChI is InChI=1S/C21H22F2N2O2.C20H18F2N2O2/c1-14(26)21(16-7-5-4-6-8-16)12-15(13-25(21)20(27)24(2)3)18-11-17(22)9-10-19(18)23;1-23(2)19(26)24-12-14(17-10-16(21)8-9-18(17)22)11-20(24,13-25)15-6-4-3-5-7-15/h4-12,14,26H,13H2,1-3H3;3-11,13H,12H2,1-2H3. The van der Waals surface area contributed by atoms with Crippen molar-refractivity contribution in [3.8, 4) is 0 Å². The number of carbonyl (C=O) groups excluding carboxylic acids is 3. The van der Waals surface area contributed by atoms with Gasteiger partial charge in [-0.2, -0.15) is 0 Å². The van der Waals surface area contributed by atoms with Gasteiger partial charge in [0.25, 0.3) is 0 Å². The Bertz CT molecular complexity index is 2060. The van der Waals surface area contributed by atoms with Crippen LogP contribution in [0.3, 0.4) is 0 Å². The molecule has 0 spiro atoms. The third kappa shape index (κ3) is 7.32. The van der Waals surface area contributed by atoms with Gasteiger partial charge < -0.3 is 24.7 Å². The van der Waals surface area contributed by atoms with E-state index >= 15 is 0 Å². The van der Waals surface area contributed by atoms with Gasteiger partial charge in [-0.1, -0.05) is 60.7 Å². The first-order valence-electron chi connectivity index (χ1n) is 16.7. The predicted octanol–water partition coefficient (Wildman–Crippen LogP) is 7.06. The van der Waals surface area contributed by atoms with E-state index in [1.165, 1.54) is 25.7 Å². The molecule has 53 heavy (non-hydrogen) atoms. The molecule has 12 heteroatoms. The Morgan fingerprint density at radius 3 is 1.57 bits per heavy atom. The van der Waals surface area contributed by atoms with Gasteiger partial charge in [-0.3, -0.25) is 4.79 Å². The van der Waals surface area contributed by atoms with E-state index in [-0.39, 0.29) is 30.2 Å². The summed E-state index contributed by atoms with van der Waals surface area (Å²) in [6, 6.07) is 23.5. The van der Waals surface area contributed by atoms with Crippen molar-refractivity contribution >= 4 is 29.5 Å². The normalized spacial score (nSPS) is 19.8. The summed E-state index contributed by atoms with van der Waals surface area (Å²) in [4.78, 5) is 43.4. The average Bonchev–Trinajstić information content (AvgIpc) is 3.75. The topological polar surface area (TPSA) is 84.4 Å². The van der Waals surface area contributed by atoms with Crippen molar-refractivity contribution in [1.82, 2.24) is 19.6 Å². The number of benzene rings is 4. The van der Waals surface area contributed by atoms with Crippen molar-refractivity contribution in [3.63, 3.8) is 0 Å². The molecule has 2 heterocycles. The molecule has 0 aliphatic carbocycles. The zero-order valence-electron chi connectivity index (χ0n) is 29.9. The highest BCUT2D eigenvalue weighted by Crippen LogP contribution is 2.44. The van der Waals surface area contributed by atoms with Crippen molar-refractivity contribution in [2.75, 3.05) is 41.3 Å². The van der Waals surface area contributed by atoms with Crippen LogP contribution in [-0.2, 0) is 15.9 Å². The second-order valence-electron chi connectivity index (χ2n) is 13.3. The van der Waals surface area contributed by atoms with Gasteiger partial charge in [-0.05, 0) is 77.7 Å². The Labute approximate surface area is 305 Å². The zero-order valence-corrected chi connectivity index (χ0v) is 29.9. The highest BCUT2D eigenvalue weighted by Gasteiger charge is 2.49. The Morgan fingerprint density at radius 1 is 0.679 bits per heavy atom. The minimum atomic E-state index is -1.38. The van der Waals surface area contributed by atoms with E-state index in [0.29, 0.717) is 28.6 Å². The van der Waals surface area contributed by atoms with Crippen molar-refractivity contribution < 1.29 is 37.1 Å². The quantitative estimate of drug-likeness (QED) is 0.170. The van der Waals surface area contributed by atoms with Gasteiger partial charge in [0.1, 0.15) is 34.3 Å². The average molecular weight is 729 g/mol. The fraction of sp³-hybridized carbons (Fsp3) is 0.244. The summed E-state index contributed by atoms with van der Waals surface area (Å²) in [7, 11) is 6.37. The number of nitrogens with zero attached hydrogens (tertiary/aromatic N) is 4. The Kier molecular flexibility index (Phi) is 11.2. The Morgan fingerprint density at radius 2 is 1.11 bits per heavy atom. The molecule has 0 saturated heterocycles. The third-order valence-electron chi connectivity index (χ3n) is 9.40. The number of carbonyl (C=O) groups is 3. The van der Waals surface area contributed by atoms with Crippen molar-refractivity contribution in [3.05, 3.63) is 155 Å². The number of amides is 4. The number of urea groups is 2. The summed E-state index contributed by atoms with van der Waals surface area (Å²) >= 11 is 0. The van der Waals surface area contributed by atoms with E-state index in [2.05, 4.69) is 0 Å². The third-order valence-corrected chi connectivity index (χ3v) is 9.40. The van der Waals surface area contributed by atoms with Gasteiger partial charge in [-0.15, -0.1) is 0 Å². The molecule has 8 nitrogen and oxygen atoms in total. The van der Waals surface area contributed by atoms with Gasteiger partial charge in [0, 0.05) is 52.4 Å². The molecular weight excluding hydrogens is 688 g/mol. The molecule has 276 valence electrons. The molecule has 0 radical (unpaired) electrons. The molecule has 4 aromatic carbocycles. The second-order valence-corrected chi connectivity index (χ2v) is 13.3. The number of aldehydes is 1. The van der Waals surface area contributed by atoms with Gasteiger partial charge in [0.2, 0.25) is 0 Å². The predicted molar refractivity (Wildman–Crippen MR) is 194 cm³/mol. The van der Waals surface area contributed by atoms with E-state index in [0.717, 1.165) is 36.4 Å². The molecule has 3 unspecified atom stereocenters. The lowest BCUT2D eigenvalue weighted by molar-refractivity contribution is -0.114.